The summed E-state index contributed by atoms with van der Waals surface area (Å²) < 4.78 is 50.5. The van der Waals surface area contributed by atoms with Crippen LogP contribution in [-0.4, -0.2) is 62.6 Å². The minimum Gasteiger partial charge on any atom is -0.378 e. The number of aromatic nitrogens is 2. The lowest BCUT2D eigenvalue weighted by Gasteiger charge is -2.39. The third-order valence-corrected chi connectivity index (χ3v) is 4.05. The first-order valence-corrected chi connectivity index (χ1v) is 7.39. The smallest absolute Gasteiger partial charge is 0.378 e. The van der Waals surface area contributed by atoms with E-state index < -0.39 is 17.5 Å². The fourth-order valence-electron chi connectivity index (χ4n) is 2.78. The second-order valence-corrected chi connectivity index (χ2v) is 6.06. The summed E-state index contributed by atoms with van der Waals surface area (Å²) in [5.41, 5.74) is -1.40. The van der Waals surface area contributed by atoms with E-state index in [9.17, 15) is 13.2 Å². The van der Waals surface area contributed by atoms with Gasteiger partial charge in [-0.3, -0.25) is 0 Å². The summed E-state index contributed by atoms with van der Waals surface area (Å²) in [4.78, 5) is 11.3. The van der Waals surface area contributed by atoms with Gasteiger partial charge in [0.15, 0.2) is 5.69 Å². The number of ether oxygens (including phenoxy) is 2. The quantitative estimate of drug-likeness (QED) is 0.819. The molecular formula is C14H19F3N4O2. The molecule has 0 bridgehead atoms. The largest absolute Gasteiger partial charge is 0.433 e. The van der Waals surface area contributed by atoms with E-state index in [0.717, 1.165) is 12.5 Å². The standard InChI is InChI=1S/C14H19F3N4O2/c1-20(2)11-7-10(14(15,16)17)18-12(19-11)21-4-6-23-13(8-21)3-5-22-9-13/h7H,3-6,8-9H2,1-2H3. The molecule has 3 rings (SSSR count). The topological polar surface area (TPSA) is 50.7 Å². The van der Waals surface area contributed by atoms with Gasteiger partial charge in [-0.15, -0.1) is 0 Å². The number of halogens is 3. The number of alkyl halides is 3. The van der Waals surface area contributed by atoms with Crippen molar-refractivity contribution in [3.8, 4) is 0 Å². The highest BCUT2D eigenvalue weighted by Crippen LogP contribution is 2.33. The Morgan fingerprint density at radius 2 is 2.04 bits per heavy atom. The van der Waals surface area contributed by atoms with E-state index in [1.54, 1.807) is 19.0 Å². The van der Waals surface area contributed by atoms with E-state index in [-0.39, 0.29) is 11.8 Å². The SMILES string of the molecule is CN(C)c1cc(C(F)(F)F)nc(N2CCOC3(CCOC3)C2)n1. The van der Waals surface area contributed by atoms with E-state index in [1.165, 1.54) is 4.90 Å². The molecule has 23 heavy (non-hydrogen) atoms. The van der Waals surface area contributed by atoms with Crippen LogP contribution in [0.4, 0.5) is 24.9 Å². The van der Waals surface area contributed by atoms with Gasteiger partial charge in [0.1, 0.15) is 11.4 Å². The number of hydrogen-bond donors (Lipinski definition) is 0. The molecule has 6 nitrogen and oxygen atoms in total. The Kier molecular flexibility index (Phi) is 4.09. The maximum atomic E-state index is 13.1. The molecule has 3 heterocycles. The minimum absolute atomic E-state index is 0.0816. The van der Waals surface area contributed by atoms with Crippen LogP contribution in [0.5, 0.6) is 0 Å². The molecule has 1 atom stereocenters. The first kappa shape index (κ1) is 16.3. The summed E-state index contributed by atoms with van der Waals surface area (Å²) in [5, 5.41) is 0. The summed E-state index contributed by atoms with van der Waals surface area (Å²) in [6.45, 7) is 2.35. The van der Waals surface area contributed by atoms with Crippen molar-refractivity contribution >= 4 is 11.8 Å². The van der Waals surface area contributed by atoms with E-state index in [0.29, 0.717) is 32.9 Å². The average Bonchev–Trinajstić information content (AvgIpc) is 2.93. The molecule has 0 N–H and O–H groups in total. The van der Waals surface area contributed by atoms with Gasteiger partial charge in [-0.2, -0.15) is 18.2 Å². The molecule has 0 radical (unpaired) electrons. The van der Waals surface area contributed by atoms with Crippen LogP contribution in [0.3, 0.4) is 0 Å². The van der Waals surface area contributed by atoms with Crippen LogP contribution in [0.1, 0.15) is 12.1 Å². The van der Waals surface area contributed by atoms with Gasteiger partial charge >= 0.3 is 6.18 Å². The third kappa shape index (κ3) is 3.35. The van der Waals surface area contributed by atoms with Crippen molar-refractivity contribution in [3.63, 3.8) is 0 Å². The molecule has 9 heteroatoms. The molecular weight excluding hydrogens is 313 g/mol. The Bertz CT molecular complexity index is 574. The van der Waals surface area contributed by atoms with Crippen LogP contribution in [0.25, 0.3) is 0 Å². The van der Waals surface area contributed by atoms with Crippen molar-refractivity contribution in [3.05, 3.63) is 11.8 Å². The molecule has 0 aliphatic carbocycles. The number of nitrogens with zero attached hydrogens (tertiary/aromatic N) is 4. The molecule has 1 aromatic rings. The van der Waals surface area contributed by atoms with Crippen LogP contribution in [0.15, 0.2) is 6.07 Å². The summed E-state index contributed by atoms with van der Waals surface area (Å²) >= 11 is 0. The van der Waals surface area contributed by atoms with E-state index >= 15 is 0 Å². The van der Waals surface area contributed by atoms with Crippen molar-refractivity contribution in [2.45, 2.75) is 18.2 Å². The molecule has 2 saturated heterocycles. The normalized spacial score (nSPS) is 25.2. The number of rotatable bonds is 2. The lowest BCUT2D eigenvalue weighted by molar-refractivity contribution is -0.141. The zero-order valence-electron chi connectivity index (χ0n) is 13.1. The first-order chi connectivity index (χ1) is 10.8. The molecule has 2 aliphatic rings. The lowest BCUT2D eigenvalue weighted by atomic mass is 10.0. The number of morpholine rings is 1. The van der Waals surface area contributed by atoms with Crippen molar-refractivity contribution in [2.24, 2.45) is 0 Å². The Hall–Kier alpha value is -1.61. The van der Waals surface area contributed by atoms with E-state index in [1.807, 2.05) is 0 Å². The second-order valence-electron chi connectivity index (χ2n) is 6.06. The van der Waals surface area contributed by atoms with Crippen LogP contribution in [-0.2, 0) is 15.7 Å². The van der Waals surface area contributed by atoms with Gasteiger partial charge in [0.25, 0.3) is 0 Å². The number of anilines is 2. The Balaban J connectivity index is 1.93. The van der Waals surface area contributed by atoms with Gasteiger partial charge in [0, 0.05) is 39.7 Å². The zero-order chi connectivity index (χ0) is 16.7. The molecule has 2 fully saturated rings. The van der Waals surface area contributed by atoms with E-state index in [4.69, 9.17) is 9.47 Å². The first-order valence-electron chi connectivity index (χ1n) is 7.39. The number of hydrogen-bond acceptors (Lipinski definition) is 6. The lowest BCUT2D eigenvalue weighted by Crippen LogP contribution is -2.53. The van der Waals surface area contributed by atoms with Crippen molar-refractivity contribution in [1.82, 2.24) is 9.97 Å². The van der Waals surface area contributed by atoms with Crippen molar-refractivity contribution < 1.29 is 22.6 Å². The summed E-state index contributed by atoms with van der Waals surface area (Å²) in [7, 11) is 3.30. The van der Waals surface area contributed by atoms with Crippen LogP contribution in [0.2, 0.25) is 0 Å². The molecule has 1 spiro atoms. The maximum Gasteiger partial charge on any atom is 0.433 e. The van der Waals surface area contributed by atoms with Gasteiger partial charge in [-0.1, -0.05) is 0 Å². The predicted octanol–water partition coefficient (Wildman–Crippen LogP) is 1.56. The highest BCUT2D eigenvalue weighted by molar-refractivity contribution is 5.46. The van der Waals surface area contributed by atoms with Gasteiger partial charge in [0.05, 0.1) is 19.8 Å². The fourth-order valence-corrected chi connectivity index (χ4v) is 2.78. The summed E-state index contributed by atoms with van der Waals surface area (Å²) in [5.74, 6) is 0.309. The molecule has 1 aromatic heterocycles. The molecule has 0 amide bonds. The molecule has 0 aromatic carbocycles. The maximum absolute atomic E-state index is 13.1. The van der Waals surface area contributed by atoms with E-state index in [2.05, 4.69) is 9.97 Å². The zero-order valence-corrected chi connectivity index (χ0v) is 13.1. The minimum atomic E-state index is -4.51. The van der Waals surface area contributed by atoms with Gasteiger partial charge in [-0.25, -0.2) is 4.98 Å². The van der Waals surface area contributed by atoms with Crippen LogP contribution in [0, 0.1) is 0 Å². The predicted molar refractivity (Wildman–Crippen MR) is 77.7 cm³/mol. The highest BCUT2D eigenvalue weighted by atomic mass is 19.4. The van der Waals surface area contributed by atoms with Crippen molar-refractivity contribution in [1.29, 1.82) is 0 Å². The van der Waals surface area contributed by atoms with Gasteiger partial charge < -0.3 is 19.3 Å². The Morgan fingerprint density at radius 1 is 1.26 bits per heavy atom. The highest BCUT2D eigenvalue weighted by Gasteiger charge is 2.42. The molecule has 2 aliphatic heterocycles. The van der Waals surface area contributed by atoms with Crippen molar-refractivity contribution in [2.75, 3.05) is 56.8 Å². The van der Waals surface area contributed by atoms with Gasteiger partial charge in [-0.05, 0) is 0 Å². The molecule has 0 saturated carbocycles. The Labute approximate surface area is 132 Å². The molecule has 128 valence electrons. The monoisotopic (exact) mass is 332 g/mol. The average molecular weight is 332 g/mol. The Morgan fingerprint density at radius 3 is 2.65 bits per heavy atom. The van der Waals surface area contributed by atoms with Crippen LogP contribution < -0.4 is 9.80 Å². The summed E-state index contributed by atoms with van der Waals surface area (Å²) in [6.07, 6.45) is -3.79. The molecule has 1 unspecified atom stereocenters. The van der Waals surface area contributed by atoms with Gasteiger partial charge in [0.2, 0.25) is 5.95 Å². The van der Waals surface area contributed by atoms with Crippen LogP contribution >= 0.6 is 0 Å². The third-order valence-electron chi connectivity index (χ3n) is 4.05. The second kappa shape index (κ2) is 5.79. The summed E-state index contributed by atoms with van der Waals surface area (Å²) in [6, 6.07) is 0.957. The fraction of sp³-hybridized carbons (Fsp3) is 0.714.